The Hall–Kier alpha value is -8.93. The Morgan fingerprint density at radius 3 is 0.774 bits per heavy atom. The fourth-order valence-electron chi connectivity index (χ4n) is 8.10. The molecule has 0 aromatic heterocycles. The van der Waals surface area contributed by atoms with Crippen molar-refractivity contribution in [1.82, 2.24) is 52.3 Å². The van der Waals surface area contributed by atoms with Gasteiger partial charge in [0.1, 0.15) is 29.6 Å². The highest BCUT2D eigenvalue weighted by molar-refractivity contribution is 6.06. The number of hydrogen-bond acceptors (Lipinski definition) is 19. The first-order valence-electron chi connectivity index (χ1n) is 26.7. The Morgan fingerprint density at radius 1 is 0.345 bits per heavy atom. The van der Waals surface area contributed by atoms with E-state index in [-0.39, 0.29) is 149 Å². The molecule has 0 unspecified atom stereocenters. The van der Waals surface area contributed by atoms with Gasteiger partial charge in [-0.15, -0.1) is 0 Å². The molecule has 0 aliphatic carbocycles. The van der Waals surface area contributed by atoms with E-state index in [9.17, 15) is 63.6 Å². The van der Waals surface area contributed by atoms with Crippen LogP contribution in [-0.2, 0) is 23.7 Å². The van der Waals surface area contributed by atoms with Crippen molar-refractivity contribution in [3.8, 4) is 23.0 Å². The second-order valence-electron chi connectivity index (χ2n) is 18.3. The van der Waals surface area contributed by atoms with Gasteiger partial charge in [0.25, 0.3) is 47.3 Å². The molecule has 0 spiro atoms. The number of benzene rings is 4. The van der Waals surface area contributed by atoms with Gasteiger partial charge >= 0.3 is 5.97 Å². The lowest BCUT2D eigenvalue weighted by atomic mass is 10.1. The smallest absolute Gasteiger partial charge is 0.329 e. The minimum atomic E-state index is -1.19. The van der Waals surface area contributed by atoms with Crippen molar-refractivity contribution in [1.29, 1.82) is 0 Å². The van der Waals surface area contributed by atoms with E-state index >= 15 is 0 Å². The van der Waals surface area contributed by atoms with Gasteiger partial charge in [0.05, 0.1) is 70.9 Å². The van der Waals surface area contributed by atoms with E-state index in [1.54, 1.807) is 0 Å². The summed E-state index contributed by atoms with van der Waals surface area (Å²) in [5.41, 5.74) is -1.29. The molecule has 8 amide bonds. The number of carboxylic acid groups (broad SMARTS) is 1. The number of phenols is 4. The third-order valence-electron chi connectivity index (χ3n) is 12.4. The summed E-state index contributed by atoms with van der Waals surface area (Å²) in [5.74, 6) is -8.78. The Bertz CT molecular complexity index is 2800. The molecule has 0 heterocycles. The monoisotopic (exact) mass is 1170 g/mol. The van der Waals surface area contributed by atoms with Crippen molar-refractivity contribution in [3.63, 3.8) is 0 Å². The first-order valence-corrected chi connectivity index (χ1v) is 26.7. The normalized spacial score (nSPS) is 10.9. The fraction of sp³-hybridized carbons (Fsp3) is 0.411. The van der Waals surface area contributed by atoms with Crippen LogP contribution in [-0.4, -0.2) is 235 Å². The molecule has 84 heavy (non-hydrogen) atoms. The lowest BCUT2D eigenvalue weighted by molar-refractivity contribution is -0.142. The van der Waals surface area contributed by atoms with E-state index in [0.29, 0.717) is 19.5 Å². The number of aromatic hydroxyl groups is 4. The van der Waals surface area contributed by atoms with E-state index in [1.165, 1.54) is 94.1 Å². The molecular formula is C56H74N10O18. The number of carbonyl (C=O) groups excluding carboxylic acids is 8. The van der Waals surface area contributed by atoms with Crippen LogP contribution in [0.15, 0.2) is 72.8 Å². The van der Waals surface area contributed by atoms with Gasteiger partial charge in [-0.3, -0.25) is 48.2 Å². The summed E-state index contributed by atoms with van der Waals surface area (Å²) in [7, 11) is 4.39. The molecule has 0 saturated carbocycles. The average molecular weight is 1180 g/mol. The molecule has 0 bridgehead atoms. The SMILES string of the molecule is COCCNC(=O)c1cccc(C(=O)NCCN(CCCN(CCNC(=O)c2cccc(C(=O)NCCOC)c2O)CCNC(=O)c2cccc(C(=O)NCCOCC(=O)O)c2O)CCNC(=O)c2cccc(C(=O)NCCOC)c2O)c1O. The molecule has 0 aliphatic heterocycles. The second kappa shape index (κ2) is 36.5. The molecular weight excluding hydrogens is 1100 g/mol. The number of phenolic OH excluding ortho intramolecular Hbond substituents is 4. The first-order chi connectivity index (χ1) is 40.4. The van der Waals surface area contributed by atoms with Gasteiger partial charge in [0, 0.05) is 99.9 Å². The molecule has 4 aromatic rings. The molecule has 0 aliphatic rings. The van der Waals surface area contributed by atoms with E-state index < -0.39 is 82.8 Å². The van der Waals surface area contributed by atoms with Crippen molar-refractivity contribution in [3.05, 3.63) is 117 Å². The van der Waals surface area contributed by atoms with Crippen molar-refractivity contribution >= 4 is 53.2 Å². The van der Waals surface area contributed by atoms with Crippen molar-refractivity contribution in [2.45, 2.75) is 6.42 Å². The van der Waals surface area contributed by atoms with Crippen LogP contribution in [0.25, 0.3) is 0 Å². The summed E-state index contributed by atoms with van der Waals surface area (Å²) < 4.78 is 19.8. The maximum Gasteiger partial charge on any atom is 0.329 e. The van der Waals surface area contributed by atoms with Gasteiger partial charge in [0.2, 0.25) is 0 Å². The number of ether oxygens (including phenoxy) is 4. The maximum absolute atomic E-state index is 13.5. The van der Waals surface area contributed by atoms with Crippen LogP contribution in [0.3, 0.4) is 0 Å². The molecule has 4 aromatic carbocycles. The number of carbonyl (C=O) groups is 9. The zero-order valence-corrected chi connectivity index (χ0v) is 47.0. The van der Waals surface area contributed by atoms with E-state index in [0.717, 1.165) is 0 Å². The molecule has 0 atom stereocenters. The predicted octanol–water partition coefficient (Wildman–Crippen LogP) is -0.517. The number of nitrogens with zero attached hydrogens (tertiary/aromatic N) is 2. The van der Waals surface area contributed by atoms with Crippen LogP contribution >= 0.6 is 0 Å². The molecule has 0 fully saturated rings. The Kier molecular flexibility index (Phi) is 29.4. The van der Waals surface area contributed by atoms with Crippen LogP contribution in [0, 0.1) is 0 Å². The summed E-state index contributed by atoms with van der Waals surface area (Å²) >= 11 is 0. The average Bonchev–Trinajstić information content (AvgIpc) is 3.49. The van der Waals surface area contributed by atoms with E-state index in [2.05, 4.69) is 42.5 Å². The fourth-order valence-corrected chi connectivity index (χ4v) is 8.10. The predicted molar refractivity (Wildman–Crippen MR) is 303 cm³/mol. The standard InChI is InChI=1S/C56H74N10O18/c1-81-31-21-61-53(77)40-13-4-9-36(45(40)69)49(73)57-17-27-65(28-18-58-50(74)37-10-5-14-41(46(37)70)54(78)62-22-32-82-2)25-8-26-66(29-19-59-51(75)38-11-6-15-42(47(38)71)55(79)63-23-33-83-3)30-20-60-52(76)39-12-7-16-43(48(39)72)56(80)64-24-34-84-35-44(67)68/h4-7,9-16,69-72H,8,17-35H2,1-3H3,(H,57,73)(H,58,74)(H,59,75)(H,60,76)(H,61,77)(H,62,78)(H,63,79)(H,64,80)(H,67,68). The third-order valence-corrected chi connectivity index (χ3v) is 12.4. The van der Waals surface area contributed by atoms with Gasteiger partial charge < -0.3 is 87.0 Å². The second-order valence-corrected chi connectivity index (χ2v) is 18.3. The molecule has 4 rings (SSSR count). The highest BCUT2D eigenvalue weighted by atomic mass is 16.5. The molecule has 0 radical (unpaired) electrons. The topological polar surface area (TPSA) is 394 Å². The molecule has 13 N–H and O–H groups in total. The summed E-state index contributed by atoms with van der Waals surface area (Å²) in [6, 6.07) is 16.5. The van der Waals surface area contributed by atoms with Crippen molar-refractivity contribution in [2.75, 3.05) is 146 Å². The Morgan fingerprint density at radius 2 is 0.560 bits per heavy atom. The highest BCUT2D eigenvalue weighted by Crippen LogP contribution is 2.26. The zero-order valence-electron chi connectivity index (χ0n) is 47.0. The number of para-hydroxylation sites is 4. The van der Waals surface area contributed by atoms with Crippen LogP contribution in [0.4, 0.5) is 0 Å². The molecule has 0 saturated heterocycles. The Labute approximate surface area is 484 Å². The van der Waals surface area contributed by atoms with Crippen molar-refractivity contribution in [2.24, 2.45) is 0 Å². The number of nitrogens with one attached hydrogen (secondary N) is 8. The van der Waals surface area contributed by atoms with E-state index in [4.69, 9.17) is 24.1 Å². The van der Waals surface area contributed by atoms with Gasteiger partial charge in [-0.1, -0.05) is 24.3 Å². The maximum atomic E-state index is 13.5. The third kappa shape index (κ3) is 21.8. The van der Waals surface area contributed by atoms with Gasteiger partial charge in [0.15, 0.2) is 0 Å². The quantitative estimate of drug-likeness (QED) is 0.0251. The number of aliphatic carboxylic acids is 1. The number of hydrogen-bond donors (Lipinski definition) is 13. The van der Waals surface area contributed by atoms with Crippen molar-refractivity contribution < 1.29 is 87.6 Å². The van der Waals surface area contributed by atoms with Gasteiger partial charge in [-0.2, -0.15) is 0 Å². The summed E-state index contributed by atoms with van der Waals surface area (Å²) in [6.45, 7) is 1.68. The lowest BCUT2D eigenvalue weighted by Crippen LogP contribution is -2.42. The molecule has 28 nitrogen and oxygen atoms in total. The lowest BCUT2D eigenvalue weighted by Gasteiger charge is -2.26. The number of rotatable bonds is 38. The van der Waals surface area contributed by atoms with Crippen LogP contribution in [0.1, 0.15) is 89.3 Å². The summed E-state index contributed by atoms with van der Waals surface area (Å²) in [5, 5.41) is 73.8. The first kappa shape index (κ1) is 67.6. The molecule has 28 heteroatoms. The van der Waals surface area contributed by atoms with Gasteiger partial charge in [-0.05, 0) is 68.0 Å². The highest BCUT2D eigenvalue weighted by Gasteiger charge is 2.23. The zero-order chi connectivity index (χ0) is 61.4. The number of carboxylic acids is 1. The van der Waals surface area contributed by atoms with Crippen LogP contribution < -0.4 is 42.5 Å². The van der Waals surface area contributed by atoms with E-state index in [1.807, 2.05) is 9.80 Å². The Balaban J connectivity index is 1.51. The molecule has 456 valence electrons. The van der Waals surface area contributed by atoms with Crippen LogP contribution in [0.5, 0.6) is 23.0 Å². The summed E-state index contributed by atoms with van der Waals surface area (Å²) in [6.07, 6.45) is 0.395. The summed E-state index contributed by atoms with van der Waals surface area (Å²) in [4.78, 5) is 119. The largest absolute Gasteiger partial charge is 0.506 e. The minimum Gasteiger partial charge on any atom is -0.506 e. The van der Waals surface area contributed by atoms with Gasteiger partial charge in [-0.25, -0.2) is 4.79 Å². The number of methoxy groups -OCH3 is 3. The van der Waals surface area contributed by atoms with Crippen LogP contribution in [0.2, 0.25) is 0 Å². The minimum absolute atomic E-state index is 0.00325. The number of amides is 8.